The highest BCUT2D eigenvalue weighted by molar-refractivity contribution is 7.84. The van der Waals surface area contributed by atoms with E-state index < -0.39 is 17.0 Å². The van der Waals surface area contributed by atoms with E-state index in [9.17, 15) is 9.00 Å². The molecule has 1 aliphatic rings. The van der Waals surface area contributed by atoms with Crippen molar-refractivity contribution in [3.8, 4) is 11.3 Å². The molecule has 0 aliphatic heterocycles. The van der Waals surface area contributed by atoms with Gasteiger partial charge in [-0.1, -0.05) is 30.3 Å². The molecule has 198 valence electrons. The number of hydrogen-bond donors (Lipinski definition) is 2. The van der Waals surface area contributed by atoms with E-state index in [2.05, 4.69) is 15.0 Å². The number of aromatic nitrogens is 3. The van der Waals surface area contributed by atoms with Crippen molar-refractivity contribution in [2.75, 3.05) is 5.32 Å². The Morgan fingerprint density at radius 2 is 1.81 bits per heavy atom. The van der Waals surface area contributed by atoms with E-state index in [0.29, 0.717) is 11.3 Å². The molecule has 1 saturated carbocycles. The van der Waals surface area contributed by atoms with Gasteiger partial charge in [0.2, 0.25) is 0 Å². The number of ether oxygens (including phenoxy) is 1. The maximum atomic E-state index is 12.7. The zero-order valence-corrected chi connectivity index (χ0v) is 23.0. The summed E-state index contributed by atoms with van der Waals surface area (Å²) in [7, 11) is -1.09. The van der Waals surface area contributed by atoms with Gasteiger partial charge in [-0.15, -0.1) is 0 Å². The Balaban J connectivity index is 1.59. The fraction of sp³-hybridized carbons (Fsp3) is 0.464. The molecule has 0 spiro atoms. The molecule has 0 radical (unpaired) electrons. The van der Waals surface area contributed by atoms with Crippen LogP contribution in [-0.4, -0.2) is 41.8 Å². The van der Waals surface area contributed by atoms with Crippen LogP contribution >= 0.6 is 0 Å². The molecule has 4 rings (SSSR count). The first-order chi connectivity index (χ1) is 17.6. The first kappa shape index (κ1) is 27.0. The van der Waals surface area contributed by atoms with Crippen molar-refractivity contribution in [3.63, 3.8) is 0 Å². The minimum absolute atomic E-state index is 0.170. The minimum atomic E-state index is -1.09. The summed E-state index contributed by atoms with van der Waals surface area (Å²) in [6.07, 6.45) is 6.62. The number of anilines is 2. The monoisotopic (exact) mass is 523 g/mol. The predicted molar refractivity (Wildman–Crippen MR) is 148 cm³/mol. The fourth-order valence-electron chi connectivity index (χ4n) is 4.37. The molecule has 37 heavy (non-hydrogen) atoms. The van der Waals surface area contributed by atoms with Crippen LogP contribution in [-0.2, 0) is 15.7 Å². The average Bonchev–Trinajstić information content (AvgIpc) is 3.28. The summed E-state index contributed by atoms with van der Waals surface area (Å²) >= 11 is 0. The van der Waals surface area contributed by atoms with E-state index in [-0.39, 0.29) is 22.9 Å². The predicted octanol–water partition coefficient (Wildman–Crippen LogP) is 5.79. The molecule has 1 unspecified atom stereocenters. The van der Waals surface area contributed by atoms with Gasteiger partial charge < -0.3 is 10.1 Å². The number of hydrogen-bond acceptors (Lipinski definition) is 6. The Labute approximate surface area is 221 Å². The van der Waals surface area contributed by atoms with Crippen molar-refractivity contribution in [2.45, 2.75) is 83.2 Å². The second-order valence-electron chi connectivity index (χ2n) is 10.7. The first-order valence-electron chi connectivity index (χ1n) is 12.9. The quantitative estimate of drug-likeness (QED) is 0.363. The molecule has 2 heterocycles. The van der Waals surface area contributed by atoms with Crippen LogP contribution < -0.4 is 10.0 Å². The zero-order chi connectivity index (χ0) is 26.6. The molecule has 9 heteroatoms. The topological polar surface area (TPSA) is 98.1 Å². The smallest absolute Gasteiger partial charge is 0.340 e. The molecule has 3 aromatic rings. The molecule has 1 aromatic carbocycles. The van der Waals surface area contributed by atoms with Crippen LogP contribution in [0.2, 0.25) is 0 Å². The summed E-state index contributed by atoms with van der Waals surface area (Å²) in [5.41, 5.74) is 2.87. The summed E-state index contributed by atoms with van der Waals surface area (Å²) in [4.78, 5) is 17.0. The van der Waals surface area contributed by atoms with Crippen LogP contribution in [0.25, 0.3) is 11.3 Å². The molecular weight excluding hydrogens is 486 g/mol. The Bertz CT molecular complexity index is 1230. The van der Waals surface area contributed by atoms with Crippen molar-refractivity contribution in [2.24, 2.45) is 0 Å². The summed E-state index contributed by atoms with van der Waals surface area (Å²) in [5, 5.41) is 8.40. The van der Waals surface area contributed by atoms with Gasteiger partial charge in [0.1, 0.15) is 5.82 Å². The van der Waals surface area contributed by atoms with Crippen LogP contribution in [0, 0.1) is 0 Å². The number of esters is 1. The Morgan fingerprint density at radius 3 is 2.46 bits per heavy atom. The summed E-state index contributed by atoms with van der Waals surface area (Å²) in [6.45, 7) is 9.61. The molecule has 1 fully saturated rings. The SMILES string of the molecule is CC(C)OC(=O)c1ccncc1Nc1cc(-c2ccccc2)nn1C1CCC(NS(=O)C(C)(C)C)CC1. The van der Waals surface area contributed by atoms with E-state index >= 15 is 0 Å². The van der Waals surface area contributed by atoms with Gasteiger partial charge in [0.05, 0.1) is 51.0 Å². The lowest BCUT2D eigenvalue weighted by atomic mass is 9.92. The highest BCUT2D eigenvalue weighted by Crippen LogP contribution is 2.35. The lowest BCUT2D eigenvalue weighted by Crippen LogP contribution is -2.41. The van der Waals surface area contributed by atoms with Crippen molar-refractivity contribution in [1.82, 2.24) is 19.5 Å². The van der Waals surface area contributed by atoms with Gasteiger partial charge in [-0.05, 0) is 66.4 Å². The van der Waals surface area contributed by atoms with Crippen molar-refractivity contribution >= 4 is 28.5 Å². The molecular formula is C28H37N5O3S. The molecule has 1 aliphatic carbocycles. The number of carbonyl (C=O) groups is 1. The molecule has 2 aromatic heterocycles. The van der Waals surface area contributed by atoms with Gasteiger partial charge in [-0.3, -0.25) is 4.98 Å². The highest BCUT2D eigenvalue weighted by atomic mass is 32.2. The van der Waals surface area contributed by atoms with Crippen molar-refractivity contribution < 1.29 is 13.7 Å². The van der Waals surface area contributed by atoms with Gasteiger partial charge in [-0.2, -0.15) is 5.10 Å². The lowest BCUT2D eigenvalue weighted by Gasteiger charge is -2.31. The molecule has 0 saturated heterocycles. The number of benzene rings is 1. The van der Waals surface area contributed by atoms with Gasteiger partial charge in [-0.25, -0.2) is 18.4 Å². The Morgan fingerprint density at radius 1 is 1.11 bits per heavy atom. The standard InChI is InChI=1S/C28H37N5O3S/c1-19(2)36-27(34)23-15-16-29-18-25(23)30-26-17-24(20-9-7-6-8-10-20)31-33(26)22-13-11-21(12-14-22)32-37(35)28(3,4)5/h6-10,15-19,21-22,30,32H,11-14H2,1-5H3. The second-order valence-corrected chi connectivity index (χ2v) is 12.7. The van der Waals surface area contributed by atoms with Crippen molar-refractivity contribution in [3.05, 3.63) is 60.4 Å². The second kappa shape index (κ2) is 11.6. The van der Waals surface area contributed by atoms with Crippen LogP contribution in [0.1, 0.15) is 76.7 Å². The minimum Gasteiger partial charge on any atom is -0.459 e. The first-order valence-corrected chi connectivity index (χ1v) is 14.0. The summed E-state index contributed by atoms with van der Waals surface area (Å²) in [5.74, 6) is 0.396. The van der Waals surface area contributed by atoms with E-state index in [4.69, 9.17) is 9.84 Å². The lowest BCUT2D eigenvalue weighted by molar-refractivity contribution is 0.0379. The number of carbonyl (C=O) groups excluding carboxylic acids is 1. The zero-order valence-electron chi connectivity index (χ0n) is 22.2. The summed E-state index contributed by atoms with van der Waals surface area (Å²) < 4.78 is 23.1. The Kier molecular flexibility index (Phi) is 8.44. The van der Waals surface area contributed by atoms with Gasteiger partial charge >= 0.3 is 5.97 Å². The van der Waals surface area contributed by atoms with E-state index in [1.54, 1.807) is 18.5 Å². The number of pyridine rings is 1. The highest BCUT2D eigenvalue weighted by Gasteiger charge is 2.29. The van der Waals surface area contributed by atoms with Gasteiger partial charge in [0.15, 0.2) is 0 Å². The van der Waals surface area contributed by atoms with Gasteiger partial charge in [0, 0.05) is 23.9 Å². The van der Waals surface area contributed by atoms with Crippen molar-refractivity contribution in [1.29, 1.82) is 0 Å². The van der Waals surface area contributed by atoms with E-state index in [1.807, 2.05) is 75.7 Å². The number of rotatable bonds is 8. The number of nitrogens with one attached hydrogen (secondary N) is 2. The van der Waals surface area contributed by atoms with Crippen LogP contribution in [0.5, 0.6) is 0 Å². The third-order valence-electron chi connectivity index (χ3n) is 6.32. The van der Waals surface area contributed by atoms with Gasteiger partial charge in [0.25, 0.3) is 0 Å². The summed E-state index contributed by atoms with van der Waals surface area (Å²) in [6, 6.07) is 14.1. The molecule has 2 N–H and O–H groups in total. The van der Waals surface area contributed by atoms with Crippen LogP contribution in [0.3, 0.4) is 0 Å². The average molecular weight is 524 g/mol. The van der Waals surface area contributed by atoms with E-state index in [1.165, 1.54) is 0 Å². The molecule has 0 amide bonds. The Hall–Kier alpha value is -3.04. The molecule has 1 atom stereocenters. The van der Waals surface area contributed by atoms with E-state index in [0.717, 1.165) is 42.8 Å². The van der Waals surface area contributed by atoms with Crippen LogP contribution in [0.4, 0.5) is 11.5 Å². The fourth-order valence-corrected chi connectivity index (χ4v) is 5.26. The normalized spacial score (nSPS) is 19.0. The number of nitrogens with zero attached hydrogens (tertiary/aromatic N) is 3. The molecule has 8 nitrogen and oxygen atoms in total. The maximum Gasteiger partial charge on any atom is 0.340 e. The van der Waals surface area contributed by atoms with Crippen LogP contribution in [0.15, 0.2) is 54.9 Å². The maximum absolute atomic E-state index is 12.7. The third-order valence-corrected chi connectivity index (χ3v) is 7.98. The molecule has 0 bridgehead atoms. The third kappa shape index (κ3) is 6.84. The largest absolute Gasteiger partial charge is 0.459 e.